The molecule has 0 unspecified atom stereocenters. The van der Waals surface area contributed by atoms with Gasteiger partial charge in [-0.25, -0.2) is 0 Å². The summed E-state index contributed by atoms with van der Waals surface area (Å²) >= 11 is 0. The third-order valence-corrected chi connectivity index (χ3v) is 3.54. The summed E-state index contributed by atoms with van der Waals surface area (Å²) in [4.78, 5) is 20.6. The van der Waals surface area contributed by atoms with Crippen molar-refractivity contribution in [2.24, 2.45) is 0 Å². The quantitative estimate of drug-likeness (QED) is 0.845. The van der Waals surface area contributed by atoms with Crippen molar-refractivity contribution < 1.29 is 4.79 Å². The molecule has 0 aliphatic carbocycles. The normalized spacial score (nSPS) is 10.2. The highest BCUT2D eigenvalue weighted by molar-refractivity contribution is 6.04. The van der Waals surface area contributed by atoms with E-state index in [4.69, 9.17) is 0 Å². The van der Waals surface area contributed by atoms with Gasteiger partial charge in [0, 0.05) is 37.7 Å². The van der Waals surface area contributed by atoms with E-state index in [1.54, 1.807) is 18.1 Å². The van der Waals surface area contributed by atoms with Crippen LogP contribution in [0.1, 0.15) is 24.3 Å². The van der Waals surface area contributed by atoms with Gasteiger partial charge in [0.2, 0.25) is 0 Å². The number of anilines is 2. The molecule has 4 nitrogen and oxygen atoms in total. The number of hydrogen-bond acceptors (Lipinski definition) is 3. The Hall–Kier alpha value is -2.36. The molecule has 110 valence electrons. The molecule has 1 heterocycles. The number of carbonyl (C=O) groups excluding carboxylic acids is 1. The SMILES string of the molecule is CCN(CC)c1ccnc(C(=O)N(C)c2ccccc2)c1. The van der Waals surface area contributed by atoms with Crippen LogP contribution >= 0.6 is 0 Å². The molecule has 0 N–H and O–H groups in total. The molecule has 21 heavy (non-hydrogen) atoms. The fourth-order valence-electron chi connectivity index (χ4n) is 2.26. The summed E-state index contributed by atoms with van der Waals surface area (Å²) in [5.74, 6) is -0.102. The Morgan fingerprint density at radius 1 is 1.05 bits per heavy atom. The van der Waals surface area contributed by atoms with Crippen molar-refractivity contribution in [2.75, 3.05) is 29.9 Å². The average Bonchev–Trinajstić information content (AvgIpc) is 2.56. The Kier molecular flexibility index (Phi) is 4.93. The fraction of sp³-hybridized carbons (Fsp3) is 0.294. The molecule has 2 rings (SSSR count). The minimum Gasteiger partial charge on any atom is -0.372 e. The van der Waals surface area contributed by atoms with Crippen molar-refractivity contribution in [3.63, 3.8) is 0 Å². The molecule has 0 aliphatic rings. The highest BCUT2D eigenvalue weighted by Crippen LogP contribution is 2.18. The second-order valence-electron chi connectivity index (χ2n) is 4.77. The van der Waals surface area contributed by atoms with Crippen molar-refractivity contribution in [2.45, 2.75) is 13.8 Å². The van der Waals surface area contributed by atoms with Crippen molar-refractivity contribution in [3.05, 3.63) is 54.4 Å². The summed E-state index contributed by atoms with van der Waals surface area (Å²) < 4.78 is 0. The Bertz CT molecular complexity index is 594. The number of carbonyl (C=O) groups is 1. The number of amides is 1. The molecule has 0 saturated carbocycles. The molecule has 0 radical (unpaired) electrons. The maximum absolute atomic E-state index is 12.5. The minimum absolute atomic E-state index is 0.102. The number of para-hydroxylation sites is 1. The summed E-state index contributed by atoms with van der Waals surface area (Å²) in [7, 11) is 1.77. The molecule has 0 spiro atoms. The summed E-state index contributed by atoms with van der Waals surface area (Å²) in [6.07, 6.45) is 1.69. The van der Waals surface area contributed by atoms with Gasteiger partial charge < -0.3 is 9.80 Å². The zero-order valence-corrected chi connectivity index (χ0v) is 12.8. The lowest BCUT2D eigenvalue weighted by Gasteiger charge is -2.22. The number of rotatable bonds is 5. The van der Waals surface area contributed by atoms with Crippen LogP contribution in [0.2, 0.25) is 0 Å². The average molecular weight is 283 g/mol. The van der Waals surface area contributed by atoms with Crippen molar-refractivity contribution in [1.82, 2.24) is 4.98 Å². The Morgan fingerprint density at radius 3 is 2.33 bits per heavy atom. The minimum atomic E-state index is -0.102. The van der Waals surface area contributed by atoms with Crippen molar-refractivity contribution >= 4 is 17.3 Å². The monoisotopic (exact) mass is 283 g/mol. The lowest BCUT2D eigenvalue weighted by molar-refractivity contribution is 0.0988. The largest absolute Gasteiger partial charge is 0.372 e. The number of hydrogen-bond donors (Lipinski definition) is 0. The molecule has 0 fully saturated rings. The van der Waals surface area contributed by atoms with Gasteiger partial charge in [0.1, 0.15) is 5.69 Å². The first kappa shape index (κ1) is 15.0. The van der Waals surface area contributed by atoms with Crippen LogP contribution in [-0.2, 0) is 0 Å². The van der Waals surface area contributed by atoms with E-state index in [1.807, 2.05) is 42.5 Å². The van der Waals surface area contributed by atoms with Crippen LogP contribution < -0.4 is 9.80 Å². The highest BCUT2D eigenvalue weighted by Gasteiger charge is 2.15. The fourth-order valence-corrected chi connectivity index (χ4v) is 2.26. The zero-order valence-electron chi connectivity index (χ0n) is 12.8. The van der Waals surface area contributed by atoms with Crippen molar-refractivity contribution in [1.29, 1.82) is 0 Å². The molecule has 0 atom stereocenters. The second kappa shape index (κ2) is 6.88. The second-order valence-corrected chi connectivity index (χ2v) is 4.77. The van der Waals surface area contributed by atoms with Crippen LogP contribution in [0.5, 0.6) is 0 Å². The van der Waals surface area contributed by atoms with Crippen LogP contribution in [0.3, 0.4) is 0 Å². The van der Waals surface area contributed by atoms with Gasteiger partial charge in [-0.2, -0.15) is 0 Å². The number of pyridine rings is 1. The third-order valence-electron chi connectivity index (χ3n) is 3.54. The molecule has 1 aromatic carbocycles. The first-order valence-corrected chi connectivity index (χ1v) is 7.21. The first-order valence-electron chi connectivity index (χ1n) is 7.21. The first-order chi connectivity index (χ1) is 10.2. The van der Waals surface area contributed by atoms with E-state index in [-0.39, 0.29) is 5.91 Å². The van der Waals surface area contributed by atoms with Crippen LogP contribution in [0, 0.1) is 0 Å². The summed E-state index contributed by atoms with van der Waals surface area (Å²) in [5.41, 5.74) is 2.35. The summed E-state index contributed by atoms with van der Waals surface area (Å²) in [6.45, 7) is 6.01. The van der Waals surface area contributed by atoms with Crippen LogP contribution in [0.25, 0.3) is 0 Å². The van der Waals surface area contributed by atoms with E-state index in [1.165, 1.54) is 0 Å². The Morgan fingerprint density at radius 2 is 1.71 bits per heavy atom. The molecule has 1 aromatic heterocycles. The molecule has 0 saturated heterocycles. The van der Waals surface area contributed by atoms with Crippen LogP contribution in [0.4, 0.5) is 11.4 Å². The van der Waals surface area contributed by atoms with Gasteiger partial charge in [-0.05, 0) is 38.1 Å². The maximum Gasteiger partial charge on any atom is 0.276 e. The summed E-state index contributed by atoms with van der Waals surface area (Å²) in [6, 6.07) is 13.4. The van der Waals surface area contributed by atoms with Gasteiger partial charge in [0.15, 0.2) is 0 Å². The Balaban J connectivity index is 2.25. The number of aromatic nitrogens is 1. The van der Waals surface area contributed by atoms with Gasteiger partial charge in [-0.1, -0.05) is 18.2 Å². The van der Waals surface area contributed by atoms with Crippen LogP contribution in [0.15, 0.2) is 48.7 Å². The zero-order chi connectivity index (χ0) is 15.2. The van der Waals surface area contributed by atoms with E-state index in [2.05, 4.69) is 23.7 Å². The molecular formula is C17H21N3O. The molecule has 4 heteroatoms. The van der Waals surface area contributed by atoms with E-state index >= 15 is 0 Å². The van der Waals surface area contributed by atoms with Gasteiger partial charge in [-0.15, -0.1) is 0 Å². The highest BCUT2D eigenvalue weighted by atomic mass is 16.2. The molecule has 1 amide bonds. The molecule has 0 aliphatic heterocycles. The smallest absolute Gasteiger partial charge is 0.276 e. The van der Waals surface area contributed by atoms with Crippen LogP contribution in [-0.4, -0.2) is 31.0 Å². The maximum atomic E-state index is 12.5. The van der Waals surface area contributed by atoms with E-state index in [0.717, 1.165) is 24.5 Å². The number of benzene rings is 1. The van der Waals surface area contributed by atoms with Gasteiger partial charge >= 0.3 is 0 Å². The van der Waals surface area contributed by atoms with E-state index in [9.17, 15) is 4.79 Å². The molecule has 2 aromatic rings. The lowest BCUT2D eigenvalue weighted by atomic mass is 10.2. The predicted octanol–water partition coefficient (Wildman–Crippen LogP) is 3.20. The predicted molar refractivity (Wildman–Crippen MR) is 87.0 cm³/mol. The van der Waals surface area contributed by atoms with Gasteiger partial charge in [0.05, 0.1) is 0 Å². The van der Waals surface area contributed by atoms with Gasteiger partial charge in [-0.3, -0.25) is 9.78 Å². The summed E-state index contributed by atoms with van der Waals surface area (Å²) in [5, 5.41) is 0. The molecular weight excluding hydrogens is 262 g/mol. The Labute approximate surface area is 126 Å². The standard InChI is InChI=1S/C17H21N3O/c1-4-20(5-2)15-11-12-18-16(13-15)17(21)19(3)14-9-7-6-8-10-14/h6-13H,4-5H2,1-3H3. The topological polar surface area (TPSA) is 36.4 Å². The van der Waals surface area contributed by atoms with E-state index in [0.29, 0.717) is 5.69 Å². The third kappa shape index (κ3) is 3.40. The lowest BCUT2D eigenvalue weighted by Crippen LogP contribution is -2.28. The molecule has 0 bridgehead atoms. The van der Waals surface area contributed by atoms with Gasteiger partial charge in [0.25, 0.3) is 5.91 Å². The number of nitrogens with zero attached hydrogens (tertiary/aromatic N) is 3. The van der Waals surface area contributed by atoms with E-state index < -0.39 is 0 Å². The van der Waals surface area contributed by atoms with Crippen molar-refractivity contribution in [3.8, 4) is 0 Å².